The Morgan fingerprint density at radius 2 is 1.94 bits per heavy atom. The smallest absolute Gasteiger partial charge is 0.335 e. The van der Waals surface area contributed by atoms with Crippen LogP contribution in [-0.4, -0.2) is 60.6 Å². The fraction of sp³-hybridized carbons (Fsp3) is 0.464. The number of ether oxygens (including phenoxy) is 1. The van der Waals surface area contributed by atoms with Crippen molar-refractivity contribution in [3.05, 3.63) is 69.8 Å². The number of carboxylic acid groups (broad SMARTS) is 1. The monoisotopic (exact) mass is 486 g/mol. The molecule has 0 aromatic heterocycles. The number of piperazine rings is 1. The van der Waals surface area contributed by atoms with Gasteiger partial charge in [-0.05, 0) is 60.7 Å². The molecule has 35 heavy (non-hydrogen) atoms. The van der Waals surface area contributed by atoms with Crippen LogP contribution in [0.4, 0.5) is 8.78 Å². The summed E-state index contributed by atoms with van der Waals surface area (Å²) in [6, 6.07) is 8.67. The molecule has 2 aromatic rings. The van der Waals surface area contributed by atoms with E-state index in [4.69, 9.17) is 4.74 Å². The highest BCUT2D eigenvalue weighted by Gasteiger charge is 2.31. The van der Waals surface area contributed by atoms with Gasteiger partial charge in [-0.3, -0.25) is 9.80 Å². The summed E-state index contributed by atoms with van der Waals surface area (Å²) in [5.74, 6) is -0.168. The Labute approximate surface area is 207 Å². The maximum Gasteiger partial charge on any atom is 0.335 e. The number of carboxylic acids is 1. The number of hydrogen-bond donors (Lipinski definition) is 1. The molecule has 3 rings (SSSR count). The number of unbranched alkanes of at least 4 members (excludes halogenated alkanes) is 1. The number of hydrogen-bond acceptors (Lipinski definition) is 4. The quantitative estimate of drug-likeness (QED) is 0.450. The van der Waals surface area contributed by atoms with Crippen molar-refractivity contribution in [2.24, 2.45) is 0 Å². The molecule has 1 aliphatic heterocycles. The van der Waals surface area contributed by atoms with Gasteiger partial charge in [0.1, 0.15) is 5.75 Å². The molecule has 1 atom stereocenters. The van der Waals surface area contributed by atoms with E-state index in [0.29, 0.717) is 26.2 Å². The molecule has 190 valence electrons. The van der Waals surface area contributed by atoms with Crippen molar-refractivity contribution in [3.8, 4) is 5.75 Å². The van der Waals surface area contributed by atoms with Crippen LogP contribution in [0.3, 0.4) is 0 Å². The summed E-state index contributed by atoms with van der Waals surface area (Å²) < 4.78 is 32.1. The summed E-state index contributed by atoms with van der Waals surface area (Å²) in [7, 11) is 1.68. The van der Waals surface area contributed by atoms with E-state index in [1.54, 1.807) is 36.3 Å². The van der Waals surface area contributed by atoms with E-state index in [0.717, 1.165) is 40.8 Å². The molecule has 1 saturated heterocycles. The predicted molar refractivity (Wildman–Crippen MR) is 135 cm³/mol. The second-order valence-electron chi connectivity index (χ2n) is 9.17. The molecule has 0 spiro atoms. The van der Waals surface area contributed by atoms with E-state index in [-0.39, 0.29) is 18.2 Å². The molecule has 5 nitrogen and oxygen atoms in total. The lowest BCUT2D eigenvalue weighted by Gasteiger charge is -2.42. The van der Waals surface area contributed by atoms with Crippen LogP contribution in [0.15, 0.2) is 36.4 Å². The Hall–Kier alpha value is -2.77. The lowest BCUT2D eigenvalue weighted by atomic mass is 9.93. The minimum atomic E-state index is -2.40. The molecule has 1 unspecified atom stereocenters. The first-order chi connectivity index (χ1) is 16.7. The zero-order valence-corrected chi connectivity index (χ0v) is 21.1. The van der Waals surface area contributed by atoms with E-state index in [1.807, 2.05) is 0 Å². The lowest BCUT2D eigenvalue weighted by Crippen LogP contribution is -2.49. The molecular formula is C28H36F2N2O3. The van der Waals surface area contributed by atoms with Crippen LogP contribution in [0.1, 0.15) is 64.0 Å². The van der Waals surface area contributed by atoms with Gasteiger partial charge in [0.25, 0.3) is 6.43 Å². The summed E-state index contributed by atoms with van der Waals surface area (Å²) in [5, 5.41) is 9.28. The molecule has 1 fully saturated rings. The van der Waals surface area contributed by atoms with Crippen LogP contribution in [0.25, 0.3) is 6.08 Å². The van der Waals surface area contributed by atoms with E-state index in [2.05, 4.69) is 43.9 Å². The average Bonchev–Trinajstić information content (AvgIpc) is 2.83. The third kappa shape index (κ3) is 6.67. The number of rotatable bonds is 10. The molecule has 1 aliphatic rings. The second-order valence-corrected chi connectivity index (χ2v) is 9.17. The summed E-state index contributed by atoms with van der Waals surface area (Å²) in [6.45, 7) is 8.29. The fourth-order valence-electron chi connectivity index (χ4n) is 4.70. The highest BCUT2D eigenvalue weighted by atomic mass is 19.3. The van der Waals surface area contributed by atoms with Gasteiger partial charge in [-0.15, -0.1) is 0 Å². The van der Waals surface area contributed by atoms with E-state index in [9.17, 15) is 18.7 Å². The van der Waals surface area contributed by atoms with E-state index < -0.39 is 12.4 Å². The van der Waals surface area contributed by atoms with Crippen molar-refractivity contribution < 1.29 is 23.4 Å². The Morgan fingerprint density at radius 1 is 1.23 bits per heavy atom. The molecule has 0 radical (unpaired) electrons. The third-order valence-corrected chi connectivity index (χ3v) is 6.80. The minimum absolute atomic E-state index is 0.149. The van der Waals surface area contributed by atoms with Crippen molar-refractivity contribution in [1.29, 1.82) is 0 Å². The number of aryl methyl sites for hydroxylation is 1. The average molecular weight is 487 g/mol. The molecule has 1 heterocycles. The third-order valence-electron chi connectivity index (χ3n) is 6.80. The van der Waals surface area contributed by atoms with Crippen LogP contribution in [0, 0.1) is 13.8 Å². The first-order valence-electron chi connectivity index (χ1n) is 12.2. The van der Waals surface area contributed by atoms with Crippen molar-refractivity contribution in [2.75, 3.05) is 33.3 Å². The number of carbonyl (C=O) groups is 1. The van der Waals surface area contributed by atoms with Crippen molar-refractivity contribution >= 4 is 12.0 Å². The van der Waals surface area contributed by atoms with Gasteiger partial charge in [0, 0.05) is 37.8 Å². The largest absolute Gasteiger partial charge is 0.496 e. The van der Waals surface area contributed by atoms with Crippen molar-refractivity contribution in [2.45, 2.75) is 52.6 Å². The van der Waals surface area contributed by atoms with Crippen LogP contribution in [-0.2, 0) is 6.54 Å². The first kappa shape index (κ1) is 26.8. The molecule has 7 heteroatoms. The Kier molecular flexibility index (Phi) is 9.40. The number of methoxy groups -OCH3 is 1. The van der Waals surface area contributed by atoms with Crippen LogP contribution in [0.5, 0.6) is 5.75 Å². The summed E-state index contributed by atoms with van der Waals surface area (Å²) in [4.78, 5) is 15.4. The van der Waals surface area contributed by atoms with Gasteiger partial charge in [0.05, 0.1) is 19.2 Å². The second kappa shape index (κ2) is 12.3. The first-order valence-corrected chi connectivity index (χ1v) is 12.2. The number of nitrogens with zero attached hydrogens (tertiary/aromatic N) is 2. The summed E-state index contributed by atoms with van der Waals surface area (Å²) in [6.07, 6.45) is 4.02. The van der Waals surface area contributed by atoms with Crippen LogP contribution < -0.4 is 4.74 Å². The predicted octanol–water partition coefficient (Wildman–Crippen LogP) is 5.95. The lowest BCUT2D eigenvalue weighted by molar-refractivity contribution is 0.0243. The van der Waals surface area contributed by atoms with Gasteiger partial charge in [-0.25, -0.2) is 13.6 Å². The fourth-order valence-corrected chi connectivity index (χ4v) is 4.70. The maximum absolute atomic E-state index is 13.2. The molecule has 0 saturated carbocycles. The van der Waals surface area contributed by atoms with Gasteiger partial charge in [0.2, 0.25) is 0 Å². The standard InChI is InChI=1S/C28H36F2N2O3/c1-5-6-7-8-23-20(3)19(2)15-26(35-4)24(23)16-32-14-13-31(18-27(29)30)17-25(32)21-9-11-22(12-10-21)28(33)34/h7-12,15,25,27H,5-6,13-14,16-18H2,1-4H3,(H,33,34)/b8-7-. The molecule has 0 aliphatic carbocycles. The van der Waals surface area contributed by atoms with Crippen LogP contribution in [0.2, 0.25) is 0 Å². The highest BCUT2D eigenvalue weighted by molar-refractivity contribution is 5.87. The maximum atomic E-state index is 13.2. The normalized spacial score (nSPS) is 17.4. The van der Waals surface area contributed by atoms with Gasteiger partial charge < -0.3 is 9.84 Å². The number of allylic oxidation sites excluding steroid dienone is 1. The number of halogens is 2. The molecule has 1 N–H and O–H groups in total. The van der Waals surface area contributed by atoms with Gasteiger partial charge in [0.15, 0.2) is 0 Å². The number of alkyl halides is 2. The number of aromatic carboxylic acids is 1. The van der Waals surface area contributed by atoms with E-state index >= 15 is 0 Å². The number of benzene rings is 2. The minimum Gasteiger partial charge on any atom is -0.496 e. The van der Waals surface area contributed by atoms with Gasteiger partial charge in [-0.2, -0.15) is 0 Å². The van der Waals surface area contributed by atoms with Gasteiger partial charge >= 0.3 is 5.97 Å². The van der Waals surface area contributed by atoms with Crippen molar-refractivity contribution in [3.63, 3.8) is 0 Å². The van der Waals surface area contributed by atoms with E-state index in [1.165, 1.54) is 5.56 Å². The summed E-state index contributed by atoms with van der Waals surface area (Å²) >= 11 is 0. The SMILES string of the molecule is CCC/C=C\c1c(C)c(C)cc(OC)c1CN1CCN(CC(F)F)CC1c1ccc(C(=O)O)cc1. The molecular weight excluding hydrogens is 450 g/mol. The van der Waals surface area contributed by atoms with Crippen molar-refractivity contribution in [1.82, 2.24) is 9.80 Å². The zero-order valence-electron chi connectivity index (χ0n) is 21.1. The topological polar surface area (TPSA) is 53.0 Å². The molecule has 0 amide bonds. The Bertz CT molecular complexity index is 1040. The van der Waals surface area contributed by atoms with Crippen LogP contribution >= 0.6 is 0 Å². The van der Waals surface area contributed by atoms with Gasteiger partial charge in [-0.1, -0.05) is 37.6 Å². The highest BCUT2D eigenvalue weighted by Crippen LogP contribution is 2.35. The molecule has 0 bridgehead atoms. The Morgan fingerprint density at radius 3 is 2.54 bits per heavy atom. The Balaban J connectivity index is 2.00. The molecule has 2 aromatic carbocycles. The zero-order chi connectivity index (χ0) is 25.5. The summed E-state index contributed by atoms with van der Waals surface area (Å²) in [5.41, 5.74) is 5.71.